The van der Waals surface area contributed by atoms with Gasteiger partial charge in [0.05, 0.1) is 5.60 Å². The van der Waals surface area contributed by atoms with Crippen molar-refractivity contribution in [2.45, 2.75) is 70.9 Å². The van der Waals surface area contributed by atoms with E-state index in [2.05, 4.69) is 42.9 Å². The van der Waals surface area contributed by atoms with Crippen molar-refractivity contribution in [2.75, 3.05) is 13.2 Å². The molecule has 2 nitrogen and oxygen atoms in total. The number of hydrogen-bond acceptors (Lipinski definition) is 3. The predicted molar refractivity (Wildman–Crippen MR) is 92.1 cm³/mol. The molecule has 0 aromatic carbocycles. The maximum atomic E-state index is 6.37. The summed E-state index contributed by atoms with van der Waals surface area (Å²) in [7, 11) is 0. The van der Waals surface area contributed by atoms with Crippen molar-refractivity contribution in [3.8, 4) is 0 Å². The molecule has 1 aromatic heterocycles. The van der Waals surface area contributed by atoms with Gasteiger partial charge in [0.15, 0.2) is 0 Å². The van der Waals surface area contributed by atoms with Gasteiger partial charge in [-0.25, -0.2) is 0 Å². The third-order valence-corrected chi connectivity index (χ3v) is 5.54. The number of ether oxygens (including phenoxy) is 1. The van der Waals surface area contributed by atoms with E-state index in [-0.39, 0.29) is 5.60 Å². The lowest BCUT2D eigenvalue weighted by Gasteiger charge is -2.45. The van der Waals surface area contributed by atoms with E-state index < -0.39 is 0 Å². The van der Waals surface area contributed by atoms with Crippen molar-refractivity contribution >= 4 is 11.3 Å². The molecule has 0 aliphatic heterocycles. The van der Waals surface area contributed by atoms with Gasteiger partial charge in [0.25, 0.3) is 0 Å². The molecule has 1 heterocycles. The van der Waals surface area contributed by atoms with Crippen LogP contribution in [0, 0.1) is 5.92 Å². The van der Waals surface area contributed by atoms with Crippen LogP contribution < -0.4 is 5.32 Å². The molecule has 1 saturated carbocycles. The van der Waals surface area contributed by atoms with E-state index in [0.717, 1.165) is 25.5 Å². The van der Waals surface area contributed by atoms with Crippen molar-refractivity contribution in [3.63, 3.8) is 0 Å². The van der Waals surface area contributed by atoms with E-state index in [0.29, 0.717) is 6.04 Å². The van der Waals surface area contributed by atoms with Crippen molar-refractivity contribution in [2.24, 2.45) is 5.92 Å². The highest BCUT2D eigenvalue weighted by Crippen LogP contribution is 2.39. The molecule has 1 fully saturated rings. The van der Waals surface area contributed by atoms with Crippen LogP contribution in [0.3, 0.4) is 0 Å². The molecule has 1 aliphatic rings. The lowest BCUT2D eigenvalue weighted by Crippen LogP contribution is -2.55. The van der Waals surface area contributed by atoms with E-state index in [9.17, 15) is 0 Å². The quantitative estimate of drug-likeness (QED) is 0.755. The van der Waals surface area contributed by atoms with Gasteiger partial charge in [-0.3, -0.25) is 0 Å². The zero-order chi connectivity index (χ0) is 15.1. The molecule has 1 aliphatic carbocycles. The molecule has 3 unspecified atom stereocenters. The van der Waals surface area contributed by atoms with Gasteiger partial charge in [0.1, 0.15) is 0 Å². The standard InChI is InChI=1S/C18H31NOS/c1-4-19-17(9-8-16-10-12-21-14-16)18(20-5-2)11-6-7-15(3)13-18/h10,12,14-15,17,19H,4-9,11,13H2,1-3H3. The number of rotatable bonds is 8. The Morgan fingerprint density at radius 3 is 2.95 bits per heavy atom. The monoisotopic (exact) mass is 309 g/mol. The van der Waals surface area contributed by atoms with Gasteiger partial charge < -0.3 is 10.1 Å². The van der Waals surface area contributed by atoms with Gasteiger partial charge in [0.2, 0.25) is 0 Å². The molecular formula is C18H31NOS. The van der Waals surface area contributed by atoms with E-state index in [4.69, 9.17) is 4.74 Å². The van der Waals surface area contributed by atoms with Crippen molar-refractivity contribution < 1.29 is 4.74 Å². The molecule has 0 spiro atoms. The summed E-state index contributed by atoms with van der Waals surface area (Å²) in [6, 6.07) is 2.73. The normalized spacial score (nSPS) is 27.7. The zero-order valence-electron chi connectivity index (χ0n) is 13.9. The molecule has 3 heteroatoms. The van der Waals surface area contributed by atoms with Gasteiger partial charge in [-0.15, -0.1) is 0 Å². The van der Waals surface area contributed by atoms with Gasteiger partial charge >= 0.3 is 0 Å². The lowest BCUT2D eigenvalue weighted by atomic mass is 9.73. The highest BCUT2D eigenvalue weighted by atomic mass is 32.1. The average molecular weight is 310 g/mol. The van der Waals surface area contributed by atoms with Crippen LogP contribution in [0.2, 0.25) is 0 Å². The first kappa shape index (κ1) is 17.0. The Bertz CT molecular complexity index is 388. The zero-order valence-corrected chi connectivity index (χ0v) is 14.7. The number of likely N-dealkylation sites (N-methyl/N-ethyl adjacent to an activating group) is 1. The molecule has 0 amide bonds. The summed E-state index contributed by atoms with van der Waals surface area (Å²) in [5, 5.41) is 8.20. The fraction of sp³-hybridized carbons (Fsp3) is 0.778. The molecule has 0 saturated heterocycles. The SMILES string of the molecule is CCNC(CCc1ccsc1)C1(OCC)CCCC(C)C1. The van der Waals surface area contributed by atoms with Gasteiger partial charge in [0, 0.05) is 12.6 Å². The van der Waals surface area contributed by atoms with E-state index in [1.807, 2.05) is 0 Å². The summed E-state index contributed by atoms with van der Waals surface area (Å²) in [6.45, 7) is 8.59. The van der Waals surface area contributed by atoms with E-state index in [1.54, 1.807) is 11.3 Å². The first-order valence-electron chi connectivity index (χ1n) is 8.58. The number of hydrogen-bond donors (Lipinski definition) is 1. The molecule has 1 N–H and O–H groups in total. The van der Waals surface area contributed by atoms with Crippen LogP contribution in [-0.2, 0) is 11.2 Å². The minimum Gasteiger partial charge on any atom is -0.374 e. The fourth-order valence-electron chi connectivity index (χ4n) is 3.92. The van der Waals surface area contributed by atoms with Crippen LogP contribution in [0.4, 0.5) is 0 Å². The second-order valence-corrected chi connectivity index (χ2v) is 7.26. The second-order valence-electron chi connectivity index (χ2n) is 6.48. The minimum atomic E-state index is 0.0540. The molecule has 3 atom stereocenters. The van der Waals surface area contributed by atoms with Crippen LogP contribution in [0.5, 0.6) is 0 Å². The summed E-state index contributed by atoms with van der Waals surface area (Å²) < 4.78 is 6.37. The highest BCUT2D eigenvalue weighted by Gasteiger charge is 2.42. The summed E-state index contributed by atoms with van der Waals surface area (Å²) >= 11 is 1.80. The Kier molecular flexibility index (Phi) is 6.72. The topological polar surface area (TPSA) is 21.3 Å². The Balaban J connectivity index is 2.07. The number of nitrogens with one attached hydrogen (secondary N) is 1. The lowest BCUT2D eigenvalue weighted by molar-refractivity contribution is -0.101. The molecular weight excluding hydrogens is 278 g/mol. The van der Waals surface area contributed by atoms with Crippen molar-refractivity contribution in [3.05, 3.63) is 22.4 Å². The highest BCUT2D eigenvalue weighted by molar-refractivity contribution is 7.07. The third kappa shape index (κ3) is 4.54. The Morgan fingerprint density at radius 1 is 1.48 bits per heavy atom. The van der Waals surface area contributed by atoms with Crippen LogP contribution in [0.15, 0.2) is 16.8 Å². The van der Waals surface area contributed by atoms with Crippen LogP contribution in [0.25, 0.3) is 0 Å². The largest absolute Gasteiger partial charge is 0.374 e. The van der Waals surface area contributed by atoms with E-state index in [1.165, 1.54) is 37.7 Å². The number of aryl methyl sites for hydroxylation is 1. The van der Waals surface area contributed by atoms with Crippen LogP contribution in [-0.4, -0.2) is 24.8 Å². The minimum absolute atomic E-state index is 0.0540. The maximum absolute atomic E-state index is 6.37. The third-order valence-electron chi connectivity index (χ3n) is 4.81. The Hall–Kier alpha value is -0.380. The smallest absolute Gasteiger partial charge is 0.0837 e. The molecule has 21 heavy (non-hydrogen) atoms. The molecule has 1 aromatic rings. The maximum Gasteiger partial charge on any atom is 0.0837 e. The number of thiophene rings is 1. The van der Waals surface area contributed by atoms with Crippen molar-refractivity contribution in [1.29, 1.82) is 0 Å². The summed E-state index contributed by atoms with van der Waals surface area (Å²) in [4.78, 5) is 0. The molecule has 120 valence electrons. The summed E-state index contributed by atoms with van der Waals surface area (Å²) in [5.41, 5.74) is 1.52. The molecule has 0 radical (unpaired) electrons. The van der Waals surface area contributed by atoms with Crippen LogP contribution in [0.1, 0.15) is 58.4 Å². The van der Waals surface area contributed by atoms with Gasteiger partial charge in [-0.05, 0) is 67.5 Å². The van der Waals surface area contributed by atoms with Gasteiger partial charge in [-0.1, -0.05) is 26.7 Å². The molecule has 2 rings (SSSR count). The first-order chi connectivity index (χ1) is 10.2. The summed E-state index contributed by atoms with van der Waals surface area (Å²) in [6.07, 6.45) is 7.43. The molecule has 0 bridgehead atoms. The van der Waals surface area contributed by atoms with Crippen LogP contribution >= 0.6 is 11.3 Å². The summed E-state index contributed by atoms with van der Waals surface area (Å²) in [5.74, 6) is 0.785. The Labute approximate surface area is 134 Å². The predicted octanol–water partition coefficient (Wildman–Crippen LogP) is 4.64. The van der Waals surface area contributed by atoms with Crippen molar-refractivity contribution in [1.82, 2.24) is 5.32 Å². The van der Waals surface area contributed by atoms with Gasteiger partial charge in [-0.2, -0.15) is 11.3 Å². The fourth-order valence-corrected chi connectivity index (χ4v) is 4.63. The Morgan fingerprint density at radius 2 is 2.33 bits per heavy atom. The first-order valence-corrected chi connectivity index (χ1v) is 9.53. The average Bonchev–Trinajstić information content (AvgIpc) is 2.97. The van der Waals surface area contributed by atoms with E-state index >= 15 is 0 Å². The second kappa shape index (κ2) is 8.30.